The lowest BCUT2D eigenvalue weighted by atomic mass is 9.82. The van der Waals surface area contributed by atoms with Crippen molar-refractivity contribution in [1.29, 1.82) is 0 Å². The first-order chi connectivity index (χ1) is 22.1. The van der Waals surface area contributed by atoms with E-state index in [0.717, 1.165) is 47.9 Å². The lowest BCUT2D eigenvalue weighted by Crippen LogP contribution is -2.55. The molecule has 0 saturated carbocycles. The molecule has 3 fully saturated rings. The van der Waals surface area contributed by atoms with Crippen LogP contribution in [0.4, 0.5) is 0 Å². The fourth-order valence-corrected chi connectivity index (χ4v) is 8.43. The van der Waals surface area contributed by atoms with Crippen molar-refractivity contribution >= 4 is 37.7 Å². The summed E-state index contributed by atoms with van der Waals surface area (Å²) < 4.78 is 27.4. The number of aromatic amines is 1. The maximum absolute atomic E-state index is 12.7. The van der Waals surface area contributed by atoms with Crippen molar-refractivity contribution < 1.29 is 13.2 Å². The molecule has 46 heavy (non-hydrogen) atoms. The molecule has 5 heterocycles. The van der Waals surface area contributed by atoms with E-state index in [4.69, 9.17) is 0 Å². The normalized spacial score (nSPS) is 22.9. The number of carbonyl (C=O) groups is 1. The first kappa shape index (κ1) is 32.7. The molecule has 1 unspecified atom stereocenters. The zero-order valence-electron chi connectivity index (χ0n) is 27.6. The van der Waals surface area contributed by atoms with Crippen molar-refractivity contribution in [3.8, 4) is 0 Å². The molecule has 2 bridgehead atoms. The van der Waals surface area contributed by atoms with Crippen LogP contribution in [0.5, 0.6) is 0 Å². The van der Waals surface area contributed by atoms with Crippen LogP contribution in [-0.4, -0.2) is 97.0 Å². The Kier molecular flexibility index (Phi) is 9.84. The third kappa shape index (κ3) is 7.17. The molecule has 4 aromatic rings. The van der Waals surface area contributed by atoms with Crippen LogP contribution in [0.15, 0.2) is 48.7 Å². The van der Waals surface area contributed by atoms with Crippen molar-refractivity contribution in [2.75, 3.05) is 40.0 Å². The Balaban J connectivity index is 0.000000162. The quantitative estimate of drug-likeness (QED) is 0.274. The summed E-state index contributed by atoms with van der Waals surface area (Å²) in [4.78, 5) is 21.0. The van der Waals surface area contributed by atoms with Gasteiger partial charge in [0.1, 0.15) is 0 Å². The van der Waals surface area contributed by atoms with Gasteiger partial charge in [-0.15, -0.1) is 0 Å². The Labute approximate surface area is 272 Å². The standard InChI is InChI=1S/C18H24N4O.C17H25N3O2S/c1-21-13-6-5-7-14(21)11-12(10-13)19-18(23)17-15-8-3-4-9-16(15)22(2)20-17;1-18-23(21,22)10-7-13-3-4-17-15(11-13)16(12-19-17)14-5-8-20(2)9-6-14/h3-4,8-9,12-14H,5-7,10-11H2,1-2H3,(H,19,23);3-4,11-12,14,18-19H,5-10H2,1-2H3/t12?,13-,14+;. The Bertz CT molecular complexity index is 1760. The first-order valence-corrected chi connectivity index (χ1v) is 18.4. The molecule has 3 aliphatic rings. The van der Waals surface area contributed by atoms with E-state index in [1.54, 1.807) is 4.68 Å². The summed E-state index contributed by atoms with van der Waals surface area (Å²) in [6, 6.07) is 15.7. The van der Waals surface area contributed by atoms with E-state index in [0.29, 0.717) is 30.1 Å². The zero-order chi connectivity index (χ0) is 32.4. The summed E-state index contributed by atoms with van der Waals surface area (Å²) in [5.41, 5.74) is 5.14. The van der Waals surface area contributed by atoms with Gasteiger partial charge in [-0.1, -0.05) is 30.7 Å². The van der Waals surface area contributed by atoms with Gasteiger partial charge in [0.2, 0.25) is 10.0 Å². The number of fused-ring (bicyclic) bond motifs is 4. The molecule has 2 aromatic heterocycles. The average molecular weight is 648 g/mol. The van der Waals surface area contributed by atoms with Crippen LogP contribution in [0.1, 0.15) is 72.5 Å². The second kappa shape index (κ2) is 13.9. The number of likely N-dealkylation sites (tertiary alicyclic amines) is 1. The Morgan fingerprint density at radius 3 is 2.41 bits per heavy atom. The fourth-order valence-electron chi connectivity index (χ4n) is 7.73. The van der Waals surface area contributed by atoms with Gasteiger partial charge >= 0.3 is 0 Å². The maximum atomic E-state index is 12.7. The molecule has 3 atom stereocenters. The van der Waals surface area contributed by atoms with Gasteiger partial charge in [-0.25, -0.2) is 13.1 Å². The zero-order valence-corrected chi connectivity index (χ0v) is 28.4. The minimum atomic E-state index is -3.16. The fraction of sp³-hybridized carbons (Fsp3) is 0.543. The number of rotatable bonds is 7. The van der Waals surface area contributed by atoms with E-state index in [1.165, 1.54) is 50.1 Å². The topological polar surface area (TPSA) is 115 Å². The first-order valence-electron chi connectivity index (χ1n) is 16.8. The van der Waals surface area contributed by atoms with Gasteiger partial charge in [0.05, 0.1) is 11.3 Å². The molecular weight excluding hydrogens is 598 g/mol. The van der Waals surface area contributed by atoms with Gasteiger partial charge < -0.3 is 20.1 Å². The molecular formula is C35H49N7O3S. The van der Waals surface area contributed by atoms with E-state index in [9.17, 15) is 13.2 Å². The van der Waals surface area contributed by atoms with E-state index in [1.807, 2.05) is 37.4 Å². The van der Waals surface area contributed by atoms with Crippen LogP contribution in [0, 0.1) is 0 Å². The van der Waals surface area contributed by atoms with Crippen LogP contribution in [0.3, 0.4) is 0 Å². The van der Waals surface area contributed by atoms with Crippen molar-refractivity contribution in [3.63, 3.8) is 0 Å². The number of para-hydroxylation sites is 1. The molecule has 3 saturated heterocycles. The molecule has 3 aliphatic heterocycles. The summed E-state index contributed by atoms with van der Waals surface area (Å²) >= 11 is 0. The average Bonchev–Trinajstić information content (AvgIpc) is 3.62. The number of aryl methyl sites for hydroxylation is 2. The van der Waals surface area contributed by atoms with Gasteiger partial charge in [0.25, 0.3) is 5.91 Å². The molecule has 0 spiro atoms. The number of hydrogen-bond donors (Lipinski definition) is 3. The van der Waals surface area contributed by atoms with Crippen molar-refractivity contribution in [2.45, 2.75) is 75.4 Å². The molecule has 3 N–H and O–H groups in total. The SMILES string of the molecule is CN1[C@@H]2CCC[C@H]1CC(NC(=O)c1nn(C)c3ccccc13)C2.CNS(=O)(=O)CCc1ccc2[nH]cc(C3CCN(C)CC3)c2c1. The smallest absolute Gasteiger partial charge is 0.272 e. The molecule has 248 valence electrons. The van der Waals surface area contributed by atoms with Crippen LogP contribution in [-0.2, 0) is 23.5 Å². The second-order valence-electron chi connectivity index (χ2n) is 13.5. The molecule has 2 aromatic carbocycles. The molecule has 0 aliphatic carbocycles. The van der Waals surface area contributed by atoms with Crippen molar-refractivity contribution in [2.24, 2.45) is 7.05 Å². The second-order valence-corrected chi connectivity index (χ2v) is 15.6. The number of hydrogen-bond acceptors (Lipinski definition) is 6. The van der Waals surface area contributed by atoms with Crippen LogP contribution in [0.25, 0.3) is 21.8 Å². The third-order valence-corrected chi connectivity index (χ3v) is 11.9. The highest BCUT2D eigenvalue weighted by molar-refractivity contribution is 7.89. The lowest BCUT2D eigenvalue weighted by molar-refractivity contribution is 0.0462. The van der Waals surface area contributed by atoms with Gasteiger partial charge in [0, 0.05) is 47.7 Å². The largest absolute Gasteiger partial charge is 0.361 e. The predicted molar refractivity (Wildman–Crippen MR) is 185 cm³/mol. The van der Waals surface area contributed by atoms with Gasteiger partial charge in [0.15, 0.2) is 5.69 Å². The number of amides is 1. The summed E-state index contributed by atoms with van der Waals surface area (Å²) in [5.74, 6) is 0.689. The molecule has 10 nitrogen and oxygen atoms in total. The Morgan fingerprint density at radius 1 is 0.978 bits per heavy atom. The summed E-state index contributed by atoms with van der Waals surface area (Å²) in [7, 11) is 4.60. The highest BCUT2D eigenvalue weighted by atomic mass is 32.2. The van der Waals surface area contributed by atoms with Gasteiger partial charge in [-0.3, -0.25) is 9.48 Å². The third-order valence-electron chi connectivity index (χ3n) is 10.6. The number of aromatic nitrogens is 3. The van der Waals surface area contributed by atoms with Crippen molar-refractivity contribution in [3.05, 3.63) is 65.5 Å². The number of nitrogens with zero attached hydrogens (tertiary/aromatic N) is 4. The highest BCUT2D eigenvalue weighted by Gasteiger charge is 2.36. The van der Waals surface area contributed by atoms with Crippen LogP contribution < -0.4 is 10.0 Å². The highest BCUT2D eigenvalue weighted by Crippen LogP contribution is 2.34. The van der Waals surface area contributed by atoms with Crippen molar-refractivity contribution in [1.82, 2.24) is 34.6 Å². The minimum absolute atomic E-state index is 0.0329. The number of benzene rings is 2. The van der Waals surface area contributed by atoms with E-state index < -0.39 is 10.0 Å². The molecule has 1 amide bonds. The lowest BCUT2D eigenvalue weighted by Gasteiger charge is -2.47. The summed E-state index contributed by atoms with van der Waals surface area (Å²) in [6.07, 6.45) is 11.0. The number of sulfonamides is 1. The number of nitrogens with one attached hydrogen (secondary N) is 3. The molecule has 0 radical (unpaired) electrons. The van der Waals surface area contributed by atoms with E-state index in [2.05, 4.69) is 62.3 Å². The summed E-state index contributed by atoms with van der Waals surface area (Å²) in [5, 5.41) is 9.87. The maximum Gasteiger partial charge on any atom is 0.272 e. The molecule has 7 rings (SSSR count). The van der Waals surface area contributed by atoms with Crippen LogP contribution in [0.2, 0.25) is 0 Å². The Morgan fingerprint density at radius 2 is 1.70 bits per heavy atom. The summed E-state index contributed by atoms with van der Waals surface area (Å²) in [6.45, 7) is 2.27. The van der Waals surface area contributed by atoms with Gasteiger partial charge in [-0.05, 0) is 114 Å². The number of piperidine rings is 3. The van der Waals surface area contributed by atoms with E-state index >= 15 is 0 Å². The number of carbonyl (C=O) groups excluding carboxylic acids is 1. The van der Waals surface area contributed by atoms with Crippen LogP contribution >= 0.6 is 0 Å². The minimum Gasteiger partial charge on any atom is -0.361 e. The predicted octanol–water partition coefficient (Wildman–Crippen LogP) is 4.39. The monoisotopic (exact) mass is 647 g/mol. The van der Waals surface area contributed by atoms with Gasteiger partial charge in [-0.2, -0.15) is 5.10 Å². The molecule has 11 heteroatoms. The Hall–Kier alpha value is -3.25. The van der Waals surface area contributed by atoms with E-state index in [-0.39, 0.29) is 17.7 Å². The number of H-pyrrole nitrogens is 1.